The number of hydrogen-bond acceptors (Lipinski definition) is 3. The number of carbonyl (C=O) groups is 2. The fourth-order valence-corrected chi connectivity index (χ4v) is 2.08. The molecule has 2 rings (SSSR count). The molecule has 0 aromatic heterocycles. The smallest absolute Gasteiger partial charge is 0.246 e. The van der Waals surface area contributed by atoms with E-state index in [2.05, 4.69) is 0 Å². The first-order chi connectivity index (χ1) is 8.72. The van der Waals surface area contributed by atoms with Crippen LogP contribution in [0.3, 0.4) is 0 Å². The van der Waals surface area contributed by atoms with Gasteiger partial charge in [-0.25, -0.2) is 0 Å². The van der Waals surface area contributed by atoms with Gasteiger partial charge in [0.2, 0.25) is 11.8 Å². The van der Waals surface area contributed by atoms with E-state index in [1.165, 1.54) is 4.90 Å². The lowest BCUT2D eigenvalue weighted by molar-refractivity contribution is -0.150. The minimum Gasteiger partial charge on any atom is -0.281 e. The number of carbonyl (C=O) groups excluding carboxylic acids is 2. The molecule has 2 amide bonds. The summed E-state index contributed by atoms with van der Waals surface area (Å²) in [6.07, 6.45) is 1.28. The lowest BCUT2D eigenvalue weighted by Crippen LogP contribution is -2.45. The average molecular weight is 242 g/mol. The molecule has 0 bridgehead atoms. The lowest BCUT2D eigenvalue weighted by Gasteiger charge is -2.27. The summed E-state index contributed by atoms with van der Waals surface area (Å²) in [7, 11) is 0. The standard InChI is InChI=1S/C14H14N2O2/c15-10-12-6-7-13(17)16(14(12)18)9-8-11-4-2-1-3-5-11/h1-5,12H,6-9H2. The van der Waals surface area contributed by atoms with Crippen LogP contribution in [0.25, 0.3) is 0 Å². The zero-order valence-electron chi connectivity index (χ0n) is 10.0. The number of likely N-dealkylation sites (tertiary alicyclic amines) is 1. The first kappa shape index (κ1) is 12.3. The molecule has 1 unspecified atom stereocenters. The Morgan fingerprint density at radius 2 is 2.00 bits per heavy atom. The Bertz CT molecular complexity index is 490. The van der Waals surface area contributed by atoms with Crippen LogP contribution < -0.4 is 0 Å². The third-order valence-electron chi connectivity index (χ3n) is 3.13. The van der Waals surface area contributed by atoms with Gasteiger partial charge in [-0.1, -0.05) is 30.3 Å². The summed E-state index contributed by atoms with van der Waals surface area (Å²) < 4.78 is 0. The third kappa shape index (κ3) is 2.57. The second kappa shape index (κ2) is 5.46. The molecule has 0 aliphatic carbocycles. The maximum absolute atomic E-state index is 11.9. The van der Waals surface area contributed by atoms with Crippen molar-refractivity contribution in [3.63, 3.8) is 0 Å². The van der Waals surface area contributed by atoms with Crippen LogP contribution in [-0.4, -0.2) is 23.3 Å². The van der Waals surface area contributed by atoms with Crippen molar-refractivity contribution >= 4 is 11.8 Å². The maximum Gasteiger partial charge on any atom is 0.246 e. The van der Waals surface area contributed by atoms with Crippen LogP contribution in [0.2, 0.25) is 0 Å². The molecule has 1 aliphatic heterocycles. The highest BCUT2D eigenvalue weighted by molar-refractivity contribution is 5.99. The SMILES string of the molecule is N#CC1CCC(=O)N(CCc2ccccc2)C1=O. The molecule has 1 aromatic rings. The van der Waals surface area contributed by atoms with Crippen LogP contribution in [0.1, 0.15) is 18.4 Å². The van der Waals surface area contributed by atoms with Gasteiger partial charge < -0.3 is 0 Å². The van der Waals surface area contributed by atoms with Gasteiger partial charge in [-0.2, -0.15) is 5.26 Å². The van der Waals surface area contributed by atoms with Gasteiger partial charge in [-0.3, -0.25) is 14.5 Å². The Labute approximate surface area is 106 Å². The van der Waals surface area contributed by atoms with E-state index in [-0.39, 0.29) is 11.8 Å². The molecule has 1 heterocycles. The number of hydrogen-bond donors (Lipinski definition) is 0. The second-order valence-electron chi connectivity index (χ2n) is 4.34. The summed E-state index contributed by atoms with van der Waals surface area (Å²) in [4.78, 5) is 24.8. The van der Waals surface area contributed by atoms with E-state index in [4.69, 9.17) is 5.26 Å². The first-order valence-corrected chi connectivity index (χ1v) is 6.00. The Morgan fingerprint density at radius 3 is 2.67 bits per heavy atom. The predicted molar refractivity (Wildman–Crippen MR) is 65.2 cm³/mol. The largest absolute Gasteiger partial charge is 0.281 e. The highest BCUT2D eigenvalue weighted by Gasteiger charge is 2.33. The van der Waals surface area contributed by atoms with Crippen LogP contribution in [0, 0.1) is 17.2 Å². The summed E-state index contributed by atoms with van der Waals surface area (Å²) in [5, 5.41) is 8.84. The zero-order valence-corrected chi connectivity index (χ0v) is 10.0. The fourth-order valence-electron chi connectivity index (χ4n) is 2.08. The van der Waals surface area contributed by atoms with E-state index in [1.807, 2.05) is 36.4 Å². The minimum atomic E-state index is -0.654. The summed E-state index contributed by atoms with van der Waals surface area (Å²) >= 11 is 0. The van der Waals surface area contributed by atoms with Crippen LogP contribution in [-0.2, 0) is 16.0 Å². The summed E-state index contributed by atoms with van der Waals surface area (Å²) in [5.74, 6) is -1.16. The van der Waals surface area contributed by atoms with Gasteiger partial charge in [0.1, 0.15) is 5.92 Å². The van der Waals surface area contributed by atoms with Gasteiger partial charge >= 0.3 is 0 Å². The summed E-state index contributed by atoms with van der Waals surface area (Å²) in [6, 6.07) is 11.6. The predicted octanol–water partition coefficient (Wildman–Crippen LogP) is 1.52. The van der Waals surface area contributed by atoms with Gasteiger partial charge in [0.25, 0.3) is 0 Å². The summed E-state index contributed by atoms with van der Waals surface area (Å²) in [6.45, 7) is 0.361. The molecule has 1 atom stereocenters. The fraction of sp³-hybridized carbons (Fsp3) is 0.357. The monoisotopic (exact) mass is 242 g/mol. The van der Waals surface area contributed by atoms with Crippen molar-refractivity contribution in [2.75, 3.05) is 6.54 Å². The highest BCUT2D eigenvalue weighted by atomic mass is 16.2. The van der Waals surface area contributed by atoms with Crippen molar-refractivity contribution < 1.29 is 9.59 Å². The van der Waals surface area contributed by atoms with Crippen molar-refractivity contribution in [3.05, 3.63) is 35.9 Å². The van der Waals surface area contributed by atoms with Crippen molar-refractivity contribution in [3.8, 4) is 6.07 Å². The van der Waals surface area contributed by atoms with Gasteiger partial charge in [-0.15, -0.1) is 0 Å². The molecule has 92 valence electrons. The molecule has 1 aromatic carbocycles. The molecule has 4 nitrogen and oxygen atoms in total. The van der Waals surface area contributed by atoms with Gasteiger partial charge in [0.05, 0.1) is 6.07 Å². The van der Waals surface area contributed by atoms with Gasteiger partial charge in [0.15, 0.2) is 0 Å². The van der Waals surface area contributed by atoms with Crippen LogP contribution >= 0.6 is 0 Å². The number of nitriles is 1. The van der Waals surface area contributed by atoms with E-state index in [0.717, 1.165) is 5.56 Å². The Morgan fingerprint density at radius 1 is 1.28 bits per heavy atom. The Kier molecular flexibility index (Phi) is 3.73. The second-order valence-corrected chi connectivity index (χ2v) is 4.34. The molecular weight excluding hydrogens is 228 g/mol. The average Bonchev–Trinajstić information content (AvgIpc) is 2.40. The molecular formula is C14H14N2O2. The van der Waals surface area contributed by atoms with Crippen LogP contribution in [0.4, 0.5) is 0 Å². The molecule has 0 spiro atoms. The van der Waals surface area contributed by atoms with Crippen LogP contribution in [0.5, 0.6) is 0 Å². The molecule has 1 fully saturated rings. The molecule has 1 aliphatic rings. The number of imide groups is 1. The molecule has 0 N–H and O–H groups in total. The van der Waals surface area contributed by atoms with E-state index in [0.29, 0.717) is 25.8 Å². The Balaban J connectivity index is 2.01. The third-order valence-corrected chi connectivity index (χ3v) is 3.13. The number of benzene rings is 1. The molecule has 4 heteroatoms. The number of rotatable bonds is 3. The maximum atomic E-state index is 11.9. The topological polar surface area (TPSA) is 61.2 Å². The normalized spacial score (nSPS) is 19.7. The highest BCUT2D eigenvalue weighted by Crippen LogP contribution is 2.18. The van der Waals surface area contributed by atoms with Gasteiger partial charge in [0, 0.05) is 13.0 Å². The minimum absolute atomic E-state index is 0.164. The number of nitrogens with zero attached hydrogens (tertiary/aromatic N) is 2. The first-order valence-electron chi connectivity index (χ1n) is 6.00. The van der Waals surface area contributed by atoms with Crippen LogP contribution in [0.15, 0.2) is 30.3 Å². The van der Waals surface area contributed by atoms with Crippen molar-refractivity contribution in [1.29, 1.82) is 5.26 Å². The lowest BCUT2D eigenvalue weighted by atomic mass is 9.97. The van der Waals surface area contributed by atoms with E-state index in [9.17, 15) is 9.59 Å². The van der Waals surface area contributed by atoms with Crippen molar-refractivity contribution in [2.24, 2.45) is 5.92 Å². The van der Waals surface area contributed by atoms with E-state index >= 15 is 0 Å². The molecule has 1 saturated heterocycles. The van der Waals surface area contributed by atoms with E-state index in [1.54, 1.807) is 0 Å². The quantitative estimate of drug-likeness (QED) is 0.755. The molecule has 18 heavy (non-hydrogen) atoms. The van der Waals surface area contributed by atoms with Crippen molar-refractivity contribution in [2.45, 2.75) is 19.3 Å². The number of piperidine rings is 1. The molecule has 0 saturated carbocycles. The van der Waals surface area contributed by atoms with E-state index < -0.39 is 5.92 Å². The van der Waals surface area contributed by atoms with Gasteiger partial charge in [-0.05, 0) is 18.4 Å². The van der Waals surface area contributed by atoms with Crippen molar-refractivity contribution in [1.82, 2.24) is 4.90 Å². The Hall–Kier alpha value is -2.15. The number of amides is 2. The molecule has 0 radical (unpaired) electrons. The zero-order chi connectivity index (χ0) is 13.0. The summed E-state index contributed by atoms with van der Waals surface area (Å²) in [5.41, 5.74) is 1.08.